The summed E-state index contributed by atoms with van der Waals surface area (Å²) < 4.78 is 5.75. The molecule has 20 heavy (non-hydrogen) atoms. The molecule has 1 aromatic carbocycles. The average Bonchev–Trinajstić information content (AvgIpc) is 3.23. The Hall–Kier alpha value is -1.06. The summed E-state index contributed by atoms with van der Waals surface area (Å²) >= 11 is 0. The number of hydrogen-bond donors (Lipinski definition) is 2. The third-order valence-electron chi connectivity index (χ3n) is 3.98. The van der Waals surface area contributed by atoms with Crippen molar-refractivity contribution in [2.45, 2.75) is 45.8 Å². The first kappa shape index (κ1) is 15.3. The number of benzene rings is 1. The van der Waals surface area contributed by atoms with Crippen molar-refractivity contribution >= 4 is 0 Å². The van der Waals surface area contributed by atoms with Crippen molar-refractivity contribution in [2.24, 2.45) is 17.6 Å². The quantitative estimate of drug-likeness (QED) is 0.767. The van der Waals surface area contributed by atoms with Gasteiger partial charge in [0.25, 0.3) is 0 Å². The van der Waals surface area contributed by atoms with Gasteiger partial charge in [-0.15, -0.1) is 0 Å². The molecular formula is C17H28N2O. The van der Waals surface area contributed by atoms with Gasteiger partial charge in [-0.2, -0.15) is 0 Å². The zero-order chi connectivity index (χ0) is 14.5. The molecule has 0 aliphatic heterocycles. The van der Waals surface area contributed by atoms with E-state index in [1.54, 1.807) is 0 Å². The highest BCUT2D eigenvalue weighted by Crippen LogP contribution is 2.36. The first-order chi connectivity index (χ1) is 9.60. The molecule has 112 valence electrons. The van der Waals surface area contributed by atoms with Gasteiger partial charge in [0.05, 0.1) is 6.10 Å². The molecule has 1 aromatic rings. The molecule has 0 saturated heterocycles. The van der Waals surface area contributed by atoms with E-state index in [1.807, 2.05) is 26.0 Å². The first-order valence-electron chi connectivity index (χ1n) is 7.80. The molecule has 0 spiro atoms. The molecule has 0 heterocycles. The summed E-state index contributed by atoms with van der Waals surface area (Å²) in [7, 11) is 0. The van der Waals surface area contributed by atoms with Crippen LogP contribution in [0.3, 0.4) is 0 Å². The lowest BCUT2D eigenvalue weighted by Crippen LogP contribution is -2.32. The molecule has 2 rings (SSSR count). The molecule has 0 radical (unpaired) electrons. The molecule has 2 unspecified atom stereocenters. The molecule has 1 aliphatic rings. The van der Waals surface area contributed by atoms with Crippen LogP contribution < -0.4 is 15.8 Å². The zero-order valence-electron chi connectivity index (χ0n) is 12.9. The summed E-state index contributed by atoms with van der Waals surface area (Å²) in [5.74, 6) is 2.60. The lowest BCUT2D eigenvalue weighted by atomic mass is 10.0. The van der Waals surface area contributed by atoms with Crippen molar-refractivity contribution in [1.29, 1.82) is 0 Å². The summed E-state index contributed by atoms with van der Waals surface area (Å²) in [5, 5.41) is 3.61. The third-order valence-corrected chi connectivity index (χ3v) is 3.98. The molecule has 1 saturated carbocycles. The van der Waals surface area contributed by atoms with Gasteiger partial charge in [-0.25, -0.2) is 0 Å². The van der Waals surface area contributed by atoms with E-state index < -0.39 is 0 Å². The number of nitrogens with one attached hydrogen (secondary N) is 1. The van der Waals surface area contributed by atoms with Crippen LogP contribution in [-0.2, 0) is 0 Å². The van der Waals surface area contributed by atoms with E-state index in [0.29, 0.717) is 6.54 Å². The Morgan fingerprint density at radius 1 is 1.30 bits per heavy atom. The van der Waals surface area contributed by atoms with Gasteiger partial charge < -0.3 is 15.8 Å². The second-order valence-corrected chi connectivity index (χ2v) is 6.25. The van der Waals surface area contributed by atoms with Crippen LogP contribution in [0.15, 0.2) is 24.3 Å². The topological polar surface area (TPSA) is 47.3 Å². The van der Waals surface area contributed by atoms with Crippen molar-refractivity contribution in [2.75, 3.05) is 13.1 Å². The Morgan fingerprint density at radius 3 is 2.65 bits per heavy atom. The molecule has 0 amide bonds. The molecule has 0 bridgehead atoms. The van der Waals surface area contributed by atoms with E-state index in [4.69, 9.17) is 10.5 Å². The van der Waals surface area contributed by atoms with Crippen LogP contribution in [0.4, 0.5) is 0 Å². The molecule has 3 N–H and O–H groups in total. The summed E-state index contributed by atoms with van der Waals surface area (Å²) in [5.41, 5.74) is 7.15. The second kappa shape index (κ2) is 7.09. The molecule has 1 fully saturated rings. The van der Waals surface area contributed by atoms with Gasteiger partial charge in [-0.05, 0) is 62.8 Å². The summed E-state index contributed by atoms with van der Waals surface area (Å²) in [4.78, 5) is 0. The summed E-state index contributed by atoms with van der Waals surface area (Å²) in [6.45, 7) is 8.08. The summed E-state index contributed by atoms with van der Waals surface area (Å²) in [6.07, 6.45) is 2.99. The number of rotatable bonds is 8. The fraction of sp³-hybridized carbons (Fsp3) is 0.647. The van der Waals surface area contributed by atoms with Gasteiger partial charge in [0.2, 0.25) is 0 Å². The number of hydrogen-bond acceptors (Lipinski definition) is 3. The molecule has 3 nitrogen and oxygen atoms in total. The standard InChI is InChI=1S/C17H28N2O/c1-12(2)20-16-6-4-5-15(9-16)17(10-18)19-11-13(3)14-7-8-14/h4-6,9,12-14,17,19H,7-8,10-11,18H2,1-3H3. The monoisotopic (exact) mass is 276 g/mol. The van der Waals surface area contributed by atoms with Crippen molar-refractivity contribution in [1.82, 2.24) is 5.32 Å². The molecular weight excluding hydrogens is 248 g/mol. The molecule has 3 heteroatoms. The fourth-order valence-corrected chi connectivity index (χ4v) is 2.57. The molecule has 1 aliphatic carbocycles. The first-order valence-corrected chi connectivity index (χ1v) is 7.80. The van der Waals surface area contributed by atoms with Crippen LogP contribution in [-0.4, -0.2) is 19.2 Å². The van der Waals surface area contributed by atoms with Crippen molar-refractivity contribution in [3.05, 3.63) is 29.8 Å². The van der Waals surface area contributed by atoms with E-state index in [2.05, 4.69) is 24.4 Å². The normalized spacial score (nSPS) is 18.1. The Balaban J connectivity index is 1.95. The Kier molecular flexibility index (Phi) is 5.44. The summed E-state index contributed by atoms with van der Waals surface area (Å²) in [6, 6.07) is 8.49. The van der Waals surface area contributed by atoms with Gasteiger partial charge in [-0.1, -0.05) is 19.1 Å². The van der Waals surface area contributed by atoms with Gasteiger partial charge in [0, 0.05) is 12.6 Å². The maximum absolute atomic E-state index is 5.93. The highest BCUT2D eigenvalue weighted by molar-refractivity contribution is 5.31. The molecule has 2 atom stereocenters. The van der Waals surface area contributed by atoms with E-state index >= 15 is 0 Å². The van der Waals surface area contributed by atoms with Crippen molar-refractivity contribution < 1.29 is 4.74 Å². The predicted molar refractivity (Wildman–Crippen MR) is 83.9 cm³/mol. The Morgan fingerprint density at radius 2 is 2.05 bits per heavy atom. The van der Waals surface area contributed by atoms with Gasteiger partial charge in [-0.3, -0.25) is 0 Å². The fourth-order valence-electron chi connectivity index (χ4n) is 2.57. The van der Waals surface area contributed by atoms with Crippen LogP contribution in [0, 0.1) is 11.8 Å². The van der Waals surface area contributed by atoms with E-state index in [9.17, 15) is 0 Å². The minimum absolute atomic E-state index is 0.199. The van der Waals surface area contributed by atoms with Crippen LogP contribution in [0.2, 0.25) is 0 Å². The van der Waals surface area contributed by atoms with Crippen LogP contribution in [0.1, 0.15) is 45.2 Å². The Bertz CT molecular complexity index is 415. The zero-order valence-corrected chi connectivity index (χ0v) is 12.9. The largest absolute Gasteiger partial charge is 0.491 e. The average molecular weight is 276 g/mol. The van der Waals surface area contributed by atoms with Gasteiger partial charge >= 0.3 is 0 Å². The molecule has 0 aromatic heterocycles. The van der Waals surface area contributed by atoms with Crippen molar-refractivity contribution in [3.63, 3.8) is 0 Å². The van der Waals surface area contributed by atoms with Crippen LogP contribution in [0.25, 0.3) is 0 Å². The minimum atomic E-state index is 0.199. The smallest absolute Gasteiger partial charge is 0.120 e. The van der Waals surface area contributed by atoms with Crippen molar-refractivity contribution in [3.8, 4) is 5.75 Å². The minimum Gasteiger partial charge on any atom is -0.491 e. The van der Waals surface area contributed by atoms with E-state index in [1.165, 1.54) is 18.4 Å². The Labute approximate surface area is 122 Å². The number of nitrogens with two attached hydrogens (primary N) is 1. The lowest BCUT2D eigenvalue weighted by molar-refractivity contribution is 0.242. The lowest BCUT2D eigenvalue weighted by Gasteiger charge is -2.21. The third kappa shape index (κ3) is 4.50. The number of ether oxygens (including phenoxy) is 1. The second-order valence-electron chi connectivity index (χ2n) is 6.25. The van der Waals surface area contributed by atoms with E-state index in [-0.39, 0.29) is 12.1 Å². The highest BCUT2D eigenvalue weighted by Gasteiger charge is 2.28. The van der Waals surface area contributed by atoms with Gasteiger partial charge in [0.15, 0.2) is 0 Å². The maximum atomic E-state index is 5.93. The maximum Gasteiger partial charge on any atom is 0.120 e. The van der Waals surface area contributed by atoms with E-state index in [0.717, 1.165) is 24.1 Å². The predicted octanol–water partition coefficient (Wildman–Crippen LogP) is 3.11. The SMILES string of the molecule is CC(C)Oc1cccc(C(CN)NCC(C)C2CC2)c1. The highest BCUT2D eigenvalue weighted by atomic mass is 16.5. The van der Waals surface area contributed by atoms with Crippen LogP contribution in [0.5, 0.6) is 5.75 Å². The van der Waals surface area contributed by atoms with Crippen LogP contribution >= 0.6 is 0 Å². The van der Waals surface area contributed by atoms with Gasteiger partial charge in [0.1, 0.15) is 5.75 Å².